The fraction of sp³-hybridized carbons (Fsp3) is 0.0909. The third-order valence-electron chi connectivity index (χ3n) is 4.15. The zero-order valence-electron chi connectivity index (χ0n) is 14.9. The molecule has 0 saturated heterocycles. The summed E-state index contributed by atoms with van der Waals surface area (Å²) in [5.41, 5.74) is 1.43. The number of amides is 1. The molecule has 3 nitrogen and oxygen atoms in total. The van der Waals surface area contributed by atoms with E-state index in [-0.39, 0.29) is 5.91 Å². The highest BCUT2D eigenvalue weighted by Gasteiger charge is 2.17. The van der Waals surface area contributed by atoms with E-state index in [0.717, 1.165) is 17.0 Å². The maximum atomic E-state index is 13.5. The van der Waals surface area contributed by atoms with Gasteiger partial charge < -0.3 is 5.32 Å². The number of rotatable bonds is 5. The molecule has 0 bridgehead atoms. The summed E-state index contributed by atoms with van der Waals surface area (Å²) in [7, 11) is 0. The first-order chi connectivity index (χ1) is 13.5. The van der Waals surface area contributed by atoms with Gasteiger partial charge in [-0.2, -0.15) is 5.26 Å². The quantitative estimate of drug-likeness (QED) is 0.624. The van der Waals surface area contributed by atoms with Crippen LogP contribution in [0.15, 0.2) is 76.5 Å². The van der Waals surface area contributed by atoms with Gasteiger partial charge in [0.05, 0.1) is 17.2 Å². The van der Waals surface area contributed by atoms with Crippen molar-refractivity contribution in [1.82, 2.24) is 5.32 Å². The van der Waals surface area contributed by atoms with Gasteiger partial charge in [0.1, 0.15) is 6.07 Å². The molecule has 0 aliphatic carbocycles. The molecule has 0 spiro atoms. The lowest BCUT2D eigenvalue weighted by molar-refractivity contribution is 0.0937. The van der Waals surface area contributed by atoms with Crippen LogP contribution in [0.4, 0.5) is 8.78 Å². The minimum Gasteiger partial charge on any atom is -0.345 e. The molecule has 1 N–H and O–H groups in total. The van der Waals surface area contributed by atoms with Crippen LogP contribution in [0, 0.1) is 23.0 Å². The molecule has 0 aliphatic heterocycles. The van der Waals surface area contributed by atoms with E-state index in [1.807, 2.05) is 18.2 Å². The summed E-state index contributed by atoms with van der Waals surface area (Å²) in [6.45, 7) is 1.70. The topological polar surface area (TPSA) is 52.9 Å². The van der Waals surface area contributed by atoms with Crippen LogP contribution in [0.3, 0.4) is 0 Å². The molecule has 0 saturated carbocycles. The Morgan fingerprint density at radius 2 is 1.68 bits per heavy atom. The van der Waals surface area contributed by atoms with E-state index in [9.17, 15) is 18.8 Å². The van der Waals surface area contributed by atoms with E-state index in [0.29, 0.717) is 21.6 Å². The second kappa shape index (κ2) is 8.68. The van der Waals surface area contributed by atoms with Crippen molar-refractivity contribution in [1.29, 1.82) is 5.26 Å². The fourth-order valence-corrected chi connectivity index (χ4v) is 3.67. The molecular formula is C22H16F2N2OS. The Labute approximate surface area is 166 Å². The Hall–Kier alpha value is -3.17. The first-order valence-corrected chi connectivity index (χ1v) is 9.33. The molecule has 3 aromatic carbocycles. The highest BCUT2D eigenvalue weighted by atomic mass is 32.2. The summed E-state index contributed by atoms with van der Waals surface area (Å²) >= 11 is 1.33. The third kappa shape index (κ3) is 4.38. The molecule has 0 heterocycles. The average Bonchev–Trinajstić information content (AvgIpc) is 2.70. The second-order valence-electron chi connectivity index (χ2n) is 6.07. The zero-order valence-corrected chi connectivity index (χ0v) is 15.8. The summed E-state index contributed by atoms with van der Waals surface area (Å²) in [6, 6.07) is 19.4. The van der Waals surface area contributed by atoms with Crippen LogP contribution in [0.5, 0.6) is 0 Å². The smallest absolute Gasteiger partial charge is 0.252 e. The maximum Gasteiger partial charge on any atom is 0.252 e. The summed E-state index contributed by atoms with van der Waals surface area (Å²) in [4.78, 5) is 14.2. The molecule has 1 amide bonds. The van der Waals surface area contributed by atoms with Crippen molar-refractivity contribution in [3.63, 3.8) is 0 Å². The highest BCUT2D eigenvalue weighted by molar-refractivity contribution is 7.99. The van der Waals surface area contributed by atoms with Crippen molar-refractivity contribution in [2.24, 2.45) is 0 Å². The van der Waals surface area contributed by atoms with Crippen molar-refractivity contribution >= 4 is 17.7 Å². The highest BCUT2D eigenvalue weighted by Crippen LogP contribution is 2.32. The lowest BCUT2D eigenvalue weighted by atomic mass is 10.1. The number of carbonyl (C=O) groups excluding carboxylic acids is 1. The third-order valence-corrected chi connectivity index (χ3v) is 5.30. The molecule has 0 fully saturated rings. The van der Waals surface area contributed by atoms with Gasteiger partial charge in [0.15, 0.2) is 11.6 Å². The lowest BCUT2D eigenvalue weighted by Gasteiger charge is -2.16. The van der Waals surface area contributed by atoms with Gasteiger partial charge in [-0.1, -0.05) is 42.1 Å². The number of nitriles is 1. The molecule has 28 heavy (non-hydrogen) atoms. The Morgan fingerprint density at radius 1 is 1.00 bits per heavy atom. The maximum absolute atomic E-state index is 13.5. The van der Waals surface area contributed by atoms with Gasteiger partial charge >= 0.3 is 0 Å². The van der Waals surface area contributed by atoms with Gasteiger partial charge in [-0.05, 0) is 48.9 Å². The molecular weight excluding hydrogens is 378 g/mol. The van der Waals surface area contributed by atoms with Crippen LogP contribution < -0.4 is 5.32 Å². The number of hydrogen-bond acceptors (Lipinski definition) is 3. The van der Waals surface area contributed by atoms with Gasteiger partial charge in [0, 0.05) is 9.79 Å². The average molecular weight is 394 g/mol. The largest absolute Gasteiger partial charge is 0.345 e. The van der Waals surface area contributed by atoms with Gasteiger partial charge in [-0.3, -0.25) is 4.79 Å². The minimum atomic E-state index is -0.956. The number of hydrogen-bond donors (Lipinski definition) is 1. The number of benzene rings is 3. The predicted molar refractivity (Wildman–Crippen MR) is 104 cm³/mol. The van der Waals surface area contributed by atoms with Crippen molar-refractivity contribution < 1.29 is 13.6 Å². The predicted octanol–water partition coefficient (Wildman–Crippen LogP) is 5.48. The first-order valence-electron chi connectivity index (χ1n) is 8.51. The van der Waals surface area contributed by atoms with E-state index < -0.39 is 17.7 Å². The zero-order chi connectivity index (χ0) is 20.1. The van der Waals surface area contributed by atoms with Crippen molar-refractivity contribution in [2.75, 3.05) is 0 Å². The van der Waals surface area contributed by atoms with E-state index >= 15 is 0 Å². The van der Waals surface area contributed by atoms with Crippen LogP contribution in [-0.4, -0.2) is 5.91 Å². The standard InChI is InChI=1S/C22H16F2N2OS/c1-14(15-10-11-18(23)19(24)12-15)26-22(27)17-7-3-5-9-21(17)28-20-8-4-2-6-16(20)13-25/h2-12,14H,1H3,(H,26,27). The fourth-order valence-electron chi connectivity index (χ4n) is 2.65. The van der Waals surface area contributed by atoms with Gasteiger partial charge in [0.2, 0.25) is 0 Å². The van der Waals surface area contributed by atoms with E-state index in [4.69, 9.17) is 0 Å². The lowest BCUT2D eigenvalue weighted by Crippen LogP contribution is -2.27. The number of nitrogens with zero attached hydrogens (tertiary/aromatic N) is 1. The molecule has 0 aromatic heterocycles. The Morgan fingerprint density at radius 3 is 2.39 bits per heavy atom. The van der Waals surface area contributed by atoms with Crippen LogP contribution in [0.1, 0.15) is 34.5 Å². The van der Waals surface area contributed by atoms with Crippen LogP contribution >= 0.6 is 11.8 Å². The molecule has 1 atom stereocenters. The Bertz CT molecular complexity index is 1060. The molecule has 3 rings (SSSR count). The van der Waals surface area contributed by atoms with Crippen LogP contribution in [0.25, 0.3) is 0 Å². The molecule has 3 aromatic rings. The van der Waals surface area contributed by atoms with Gasteiger partial charge in [-0.15, -0.1) is 0 Å². The minimum absolute atomic E-state index is 0.338. The normalized spacial score (nSPS) is 11.5. The summed E-state index contributed by atoms with van der Waals surface area (Å²) in [5.74, 6) is -2.22. The molecule has 140 valence electrons. The van der Waals surface area contributed by atoms with Gasteiger partial charge in [-0.25, -0.2) is 8.78 Å². The van der Waals surface area contributed by atoms with E-state index in [1.54, 1.807) is 37.3 Å². The molecule has 0 aliphatic rings. The van der Waals surface area contributed by atoms with E-state index in [1.165, 1.54) is 17.8 Å². The monoisotopic (exact) mass is 394 g/mol. The summed E-state index contributed by atoms with van der Waals surface area (Å²) in [6.07, 6.45) is 0. The SMILES string of the molecule is CC(NC(=O)c1ccccc1Sc1ccccc1C#N)c1ccc(F)c(F)c1. The molecule has 1 unspecified atom stereocenters. The van der Waals surface area contributed by atoms with Gasteiger partial charge in [0.25, 0.3) is 5.91 Å². The Kier molecular flexibility index (Phi) is 6.07. The Balaban J connectivity index is 1.82. The van der Waals surface area contributed by atoms with Crippen LogP contribution in [-0.2, 0) is 0 Å². The first kappa shape index (κ1) is 19.6. The van der Waals surface area contributed by atoms with Crippen molar-refractivity contribution in [3.8, 4) is 6.07 Å². The second-order valence-corrected chi connectivity index (χ2v) is 7.16. The summed E-state index contributed by atoms with van der Waals surface area (Å²) < 4.78 is 26.6. The van der Waals surface area contributed by atoms with Crippen LogP contribution in [0.2, 0.25) is 0 Å². The van der Waals surface area contributed by atoms with E-state index in [2.05, 4.69) is 11.4 Å². The van der Waals surface area contributed by atoms with Crippen molar-refractivity contribution in [3.05, 3.63) is 95.1 Å². The summed E-state index contributed by atoms with van der Waals surface area (Å²) in [5, 5.41) is 12.1. The molecule has 0 radical (unpaired) electrons. The number of nitrogens with one attached hydrogen (secondary N) is 1. The number of carbonyl (C=O) groups is 1. The molecule has 6 heteroatoms. The number of halogens is 2. The van der Waals surface area contributed by atoms with Crippen molar-refractivity contribution in [2.45, 2.75) is 22.8 Å².